The fourth-order valence-electron chi connectivity index (χ4n) is 7.30. The van der Waals surface area contributed by atoms with E-state index in [0.717, 1.165) is 78.3 Å². The molecule has 0 bridgehead atoms. The van der Waals surface area contributed by atoms with Crippen LogP contribution in [0, 0.1) is 0 Å². The first-order valence-corrected chi connectivity index (χ1v) is 22.1. The van der Waals surface area contributed by atoms with E-state index in [1.54, 1.807) is 0 Å². The van der Waals surface area contributed by atoms with Crippen LogP contribution in [0.2, 0.25) is 0 Å². The maximum absolute atomic E-state index is 12.7. The van der Waals surface area contributed by atoms with Gasteiger partial charge in [0.1, 0.15) is 12.1 Å². The number of aromatic nitrogens is 2. The number of nitrogens with one attached hydrogen (secondary N) is 4. The lowest BCUT2D eigenvalue weighted by atomic mass is 10.1. The van der Waals surface area contributed by atoms with Crippen molar-refractivity contribution in [1.29, 1.82) is 0 Å². The molecular weight excluding hydrogens is 807 g/mol. The van der Waals surface area contributed by atoms with Gasteiger partial charge in [0, 0.05) is 55.7 Å². The van der Waals surface area contributed by atoms with Crippen LogP contribution in [-0.2, 0) is 37.1 Å². The lowest BCUT2D eigenvalue weighted by molar-refractivity contribution is -0.141. The number of carbonyl (C=O) groups is 6. The van der Waals surface area contributed by atoms with Crippen LogP contribution >= 0.6 is 0 Å². The molecule has 0 aliphatic rings. The molecule has 3 atom stereocenters. The molecule has 7 N–H and O–H groups in total. The molecule has 2 heterocycles. The topological polar surface area (TPSA) is 240 Å². The average molecular weight is 870 g/mol. The van der Waals surface area contributed by atoms with Gasteiger partial charge in [0.05, 0.1) is 22.4 Å². The van der Waals surface area contributed by atoms with Crippen molar-refractivity contribution in [3.05, 3.63) is 84.2 Å². The van der Waals surface area contributed by atoms with Crippen LogP contribution in [0.15, 0.2) is 72.8 Å². The van der Waals surface area contributed by atoms with Gasteiger partial charge in [0.25, 0.3) is 0 Å². The number of amides is 4. The van der Waals surface area contributed by atoms with E-state index in [1.165, 1.54) is 0 Å². The molecule has 0 radical (unpaired) electrons. The molecule has 0 spiro atoms. The van der Waals surface area contributed by atoms with Gasteiger partial charge in [-0.2, -0.15) is 0 Å². The highest BCUT2D eigenvalue weighted by molar-refractivity contribution is 5.86. The van der Waals surface area contributed by atoms with Crippen LogP contribution < -0.4 is 21.3 Å². The average Bonchev–Trinajstić information content (AvgIpc) is 3.25. The normalized spacial score (nSPS) is 12.7. The highest BCUT2D eigenvalue weighted by atomic mass is 16.4. The zero-order valence-corrected chi connectivity index (χ0v) is 36.2. The molecule has 63 heavy (non-hydrogen) atoms. The second-order valence-corrected chi connectivity index (χ2v) is 16.1. The van der Waals surface area contributed by atoms with Crippen LogP contribution in [0.5, 0.6) is 0 Å². The van der Waals surface area contributed by atoms with E-state index >= 15 is 0 Å². The third-order valence-electron chi connectivity index (χ3n) is 10.8. The van der Waals surface area contributed by atoms with E-state index < -0.39 is 42.4 Å². The summed E-state index contributed by atoms with van der Waals surface area (Å²) in [7, 11) is 0. The molecule has 4 rings (SSSR count). The monoisotopic (exact) mass is 869 g/mol. The summed E-state index contributed by atoms with van der Waals surface area (Å²) in [6.07, 6.45) is 7.71. The van der Waals surface area contributed by atoms with Gasteiger partial charge in [-0.3, -0.25) is 29.3 Å². The number of benzene rings is 2. The Morgan fingerprint density at radius 1 is 0.556 bits per heavy atom. The molecule has 3 unspecified atom stereocenters. The summed E-state index contributed by atoms with van der Waals surface area (Å²) in [4.78, 5) is 82.9. The van der Waals surface area contributed by atoms with E-state index in [1.807, 2.05) is 43.3 Å². The van der Waals surface area contributed by atoms with Gasteiger partial charge in [-0.25, -0.2) is 14.4 Å². The maximum Gasteiger partial charge on any atom is 0.326 e. The van der Waals surface area contributed by atoms with Crippen LogP contribution in [0.1, 0.15) is 115 Å². The molecular formula is C47H63N7O9. The smallest absolute Gasteiger partial charge is 0.326 e. The van der Waals surface area contributed by atoms with Gasteiger partial charge < -0.3 is 36.6 Å². The molecule has 4 aromatic rings. The number of unbranched alkanes of at least 4 members (excludes halogenated alkanes) is 6. The first kappa shape index (κ1) is 49.5. The van der Waals surface area contributed by atoms with Crippen molar-refractivity contribution in [3.63, 3.8) is 0 Å². The number of rotatable bonds is 30. The molecule has 0 fully saturated rings. The molecule has 0 saturated carbocycles. The lowest BCUT2D eigenvalue weighted by Crippen LogP contribution is -2.51. The third-order valence-corrected chi connectivity index (χ3v) is 10.8. The summed E-state index contributed by atoms with van der Waals surface area (Å²) in [6, 6.07) is 21.1. The van der Waals surface area contributed by atoms with Crippen molar-refractivity contribution in [1.82, 2.24) is 36.1 Å². The summed E-state index contributed by atoms with van der Waals surface area (Å²) in [6.45, 7) is 4.77. The predicted molar refractivity (Wildman–Crippen MR) is 240 cm³/mol. The zero-order chi connectivity index (χ0) is 45.4. The number of nitrogens with zero attached hydrogens (tertiary/aromatic N) is 3. The van der Waals surface area contributed by atoms with Gasteiger partial charge in [-0.15, -0.1) is 0 Å². The van der Waals surface area contributed by atoms with Crippen LogP contribution in [0.3, 0.4) is 0 Å². The Bertz CT molecular complexity index is 2030. The first-order valence-electron chi connectivity index (χ1n) is 22.1. The molecule has 2 aromatic carbocycles. The summed E-state index contributed by atoms with van der Waals surface area (Å²) in [5.41, 5.74) is 4.01. The number of fused-ring (bicyclic) bond motifs is 2. The quantitative estimate of drug-likeness (QED) is 0.0276. The lowest BCUT2D eigenvalue weighted by Gasteiger charge is -2.22. The number of hydrogen-bond acceptors (Lipinski definition) is 9. The zero-order valence-electron chi connectivity index (χ0n) is 36.2. The van der Waals surface area contributed by atoms with Crippen molar-refractivity contribution in [2.75, 3.05) is 13.1 Å². The Morgan fingerprint density at radius 2 is 1.08 bits per heavy atom. The number of carboxylic acids is 3. The van der Waals surface area contributed by atoms with Gasteiger partial charge in [-0.1, -0.05) is 80.6 Å². The molecule has 0 aliphatic carbocycles. The van der Waals surface area contributed by atoms with E-state index in [4.69, 9.17) is 15.1 Å². The highest BCUT2D eigenvalue weighted by Crippen LogP contribution is 2.18. The summed E-state index contributed by atoms with van der Waals surface area (Å²) in [5.74, 6) is -3.96. The van der Waals surface area contributed by atoms with E-state index in [9.17, 15) is 39.0 Å². The Balaban J connectivity index is 1.04. The largest absolute Gasteiger partial charge is 0.481 e. The van der Waals surface area contributed by atoms with E-state index in [-0.39, 0.29) is 30.7 Å². The van der Waals surface area contributed by atoms with Gasteiger partial charge in [0.15, 0.2) is 0 Å². The number of urea groups is 1. The van der Waals surface area contributed by atoms with Crippen molar-refractivity contribution < 1.29 is 44.1 Å². The standard InChI is InChI=1S/C47H63N7O9/c1-33(15-12-14-30-54(31-36-25-23-34-16-8-10-18-38(34)50-36)32-37-26-24-35-17-9-11-19-39(35)51-37)49-43(56)22-7-3-2-6-21-42(55)48-29-13-4-5-20-40(45(59)60)52-47(63)53-41(46(61)62)27-28-44(57)58/h8-11,16-19,23-26,33,40-41H,2-7,12-15,20-22,27-32H2,1H3,(H,48,55)(H,49,56)(H,57,58)(H,59,60)(H,61,62)(H2,52,53,63). The van der Waals surface area contributed by atoms with Gasteiger partial charge in [0.2, 0.25) is 11.8 Å². The number of aliphatic carboxylic acids is 3. The minimum Gasteiger partial charge on any atom is -0.481 e. The number of carboxylic acid groups (broad SMARTS) is 3. The van der Waals surface area contributed by atoms with Crippen molar-refractivity contribution in [2.45, 2.75) is 134 Å². The number of carbonyl (C=O) groups excluding carboxylic acids is 3. The molecule has 2 aromatic heterocycles. The molecule has 340 valence electrons. The third kappa shape index (κ3) is 19.2. The van der Waals surface area contributed by atoms with Crippen LogP contribution in [-0.4, -0.2) is 97.2 Å². The maximum atomic E-state index is 12.7. The first-order chi connectivity index (χ1) is 30.4. The molecule has 16 nitrogen and oxygen atoms in total. The fourth-order valence-corrected chi connectivity index (χ4v) is 7.30. The Morgan fingerprint density at radius 3 is 1.65 bits per heavy atom. The van der Waals surface area contributed by atoms with Crippen LogP contribution in [0.25, 0.3) is 21.8 Å². The molecule has 16 heteroatoms. The Kier molecular flexibility index (Phi) is 21.2. The molecule has 4 amide bonds. The van der Waals surface area contributed by atoms with Crippen molar-refractivity contribution >= 4 is 57.6 Å². The van der Waals surface area contributed by atoms with Crippen molar-refractivity contribution in [2.24, 2.45) is 0 Å². The summed E-state index contributed by atoms with van der Waals surface area (Å²) >= 11 is 0. The second kappa shape index (κ2) is 27.0. The fraction of sp³-hybridized carbons (Fsp3) is 0.489. The van der Waals surface area contributed by atoms with Gasteiger partial charge in [-0.05, 0) is 82.7 Å². The predicted octanol–water partition coefficient (Wildman–Crippen LogP) is 6.55. The van der Waals surface area contributed by atoms with Gasteiger partial charge >= 0.3 is 23.9 Å². The Hall–Kier alpha value is -6.16. The SMILES string of the molecule is CC(CCCCN(Cc1ccc2ccccc2n1)Cc1ccc2ccccc2n1)NC(=O)CCCCCCC(=O)NCCCCCC(NC(=O)NC(CCC(=O)O)C(=O)O)C(=O)O. The number of para-hydroxylation sites is 2. The van der Waals surface area contributed by atoms with Crippen LogP contribution in [0.4, 0.5) is 4.79 Å². The van der Waals surface area contributed by atoms with E-state index in [0.29, 0.717) is 58.2 Å². The van der Waals surface area contributed by atoms with Crippen molar-refractivity contribution in [3.8, 4) is 0 Å². The number of hydrogen-bond donors (Lipinski definition) is 7. The minimum atomic E-state index is -1.47. The highest BCUT2D eigenvalue weighted by Gasteiger charge is 2.25. The Labute approximate surface area is 368 Å². The summed E-state index contributed by atoms with van der Waals surface area (Å²) < 4.78 is 0. The molecule has 0 aliphatic heterocycles. The second-order valence-electron chi connectivity index (χ2n) is 16.1. The number of pyridine rings is 2. The molecule has 0 saturated heterocycles. The summed E-state index contributed by atoms with van der Waals surface area (Å²) in [5, 5.41) is 40.0. The van der Waals surface area contributed by atoms with E-state index in [2.05, 4.69) is 62.6 Å². The minimum absolute atomic E-state index is 0.0418.